The van der Waals surface area contributed by atoms with E-state index in [-0.39, 0.29) is 0 Å². The van der Waals surface area contributed by atoms with E-state index in [1.165, 1.54) is 32.1 Å². The maximum Gasteiger partial charge on any atom is 0.224 e. The molecule has 2 unspecified atom stereocenters. The van der Waals surface area contributed by atoms with Gasteiger partial charge < -0.3 is 10.2 Å². The molecular weight excluding hydrogens is 200 g/mol. The second-order valence-corrected chi connectivity index (χ2v) is 5.14. The normalized spacial score (nSPS) is 30.7. The Hall–Kier alpha value is -0.570. The molecule has 2 saturated heterocycles. The average molecular weight is 224 g/mol. The van der Waals surface area contributed by atoms with Crippen molar-refractivity contribution in [3.05, 3.63) is 0 Å². The molecule has 0 saturated carbocycles. The molecule has 0 aliphatic carbocycles. The lowest BCUT2D eigenvalue weighted by molar-refractivity contribution is -0.132. The Morgan fingerprint density at radius 2 is 2.19 bits per heavy atom. The summed E-state index contributed by atoms with van der Waals surface area (Å²) in [6.07, 6.45) is 7.97. The van der Waals surface area contributed by atoms with E-state index in [9.17, 15) is 4.79 Å². The molecule has 2 aliphatic rings. The summed E-state index contributed by atoms with van der Waals surface area (Å²) in [5.41, 5.74) is 0. The fraction of sp³-hybridized carbons (Fsp3) is 0.923. The van der Waals surface area contributed by atoms with Crippen LogP contribution in [0.15, 0.2) is 0 Å². The summed E-state index contributed by atoms with van der Waals surface area (Å²) in [6.45, 7) is 4.27. The zero-order valence-electron chi connectivity index (χ0n) is 10.4. The van der Waals surface area contributed by atoms with Gasteiger partial charge in [0, 0.05) is 25.0 Å². The van der Waals surface area contributed by atoms with Gasteiger partial charge in [-0.05, 0) is 38.6 Å². The van der Waals surface area contributed by atoms with Gasteiger partial charge in [-0.3, -0.25) is 4.79 Å². The van der Waals surface area contributed by atoms with E-state index in [1.807, 2.05) is 0 Å². The van der Waals surface area contributed by atoms with Crippen molar-refractivity contribution in [1.82, 2.24) is 10.2 Å². The van der Waals surface area contributed by atoms with Gasteiger partial charge in [0.1, 0.15) is 0 Å². The Morgan fingerprint density at radius 3 is 2.88 bits per heavy atom. The first-order chi connectivity index (χ1) is 7.81. The molecule has 0 radical (unpaired) electrons. The number of carbonyl (C=O) groups excluding carboxylic acids is 1. The van der Waals surface area contributed by atoms with Crippen molar-refractivity contribution >= 4 is 5.91 Å². The van der Waals surface area contributed by atoms with Crippen LogP contribution in [-0.4, -0.2) is 36.0 Å². The second-order valence-electron chi connectivity index (χ2n) is 5.14. The van der Waals surface area contributed by atoms with Gasteiger partial charge in [0.15, 0.2) is 0 Å². The summed E-state index contributed by atoms with van der Waals surface area (Å²) in [5.74, 6) is 0.378. The lowest BCUT2D eigenvalue weighted by Gasteiger charge is -2.28. The van der Waals surface area contributed by atoms with Crippen LogP contribution in [0.4, 0.5) is 0 Å². The predicted octanol–water partition coefficient (Wildman–Crippen LogP) is 1.92. The standard InChI is InChI=1S/C13H24N2O/c1-2-12-7-5-9-15(12)13(16)10-11-6-3-4-8-14-11/h11-12,14H,2-10H2,1H3. The lowest BCUT2D eigenvalue weighted by Crippen LogP contribution is -2.42. The molecular formula is C13H24N2O. The van der Waals surface area contributed by atoms with E-state index >= 15 is 0 Å². The van der Waals surface area contributed by atoms with Crippen LogP contribution in [0, 0.1) is 0 Å². The van der Waals surface area contributed by atoms with Crippen LogP contribution in [0.3, 0.4) is 0 Å². The zero-order valence-corrected chi connectivity index (χ0v) is 10.4. The van der Waals surface area contributed by atoms with E-state index in [2.05, 4.69) is 17.1 Å². The fourth-order valence-corrected chi connectivity index (χ4v) is 3.01. The van der Waals surface area contributed by atoms with Crippen LogP contribution < -0.4 is 5.32 Å². The minimum absolute atomic E-state index is 0.378. The summed E-state index contributed by atoms with van der Waals surface area (Å²) in [4.78, 5) is 14.3. The topological polar surface area (TPSA) is 32.3 Å². The number of hydrogen-bond donors (Lipinski definition) is 1. The molecule has 16 heavy (non-hydrogen) atoms. The van der Waals surface area contributed by atoms with Crippen LogP contribution in [0.25, 0.3) is 0 Å². The maximum absolute atomic E-state index is 12.2. The first-order valence-electron chi connectivity index (χ1n) is 6.84. The van der Waals surface area contributed by atoms with Crippen molar-refractivity contribution in [3.8, 4) is 0 Å². The van der Waals surface area contributed by atoms with Gasteiger partial charge in [0.05, 0.1) is 0 Å². The average Bonchev–Trinajstić information content (AvgIpc) is 2.78. The van der Waals surface area contributed by atoms with Crippen molar-refractivity contribution < 1.29 is 4.79 Å². The molecule has 1 N–H and O–H groups in total. The fourth-order valence-electron chi connectivity index (χ4n) is 3.01. The minimum atomic E-state index is 0.378. The Labute approximate surface area is 98.6 Å². The van der Waals surface area contributed by atoms with Crippen LogP contribution in [0.1, 0.15) is 51.9 Å². The highest BCUT2D eigenvalue weighted by Crippen LogP contribution is 2.22. The highest BCUT2D eigenvalue weighted by molar-refractivity contribution is 5.77. The molecule has 1 amide bonds. The highest BCUT2D eigenvalue weighted by atomic mass is 16.2. The zero-order chi connectivity index (χ0) is 11.4. The van der Waals surface area contributed by atoms with Gasteiger partial charge in [-0.1, -0.05) is 13.3 Å². The van der Waals surface area contributed by atoms with Gasteiger partial charge in [0.2, 0.25) is 5.91 Å². The Bertz CT molecular complexity index is 236. The first-order valence-corrected chi connectivity index (χ1v) is 6.84. The SMILES string of the molecule is CCC1CCCN1C(=O)CC1CCCCN1. The maximum atomic E-state index is 12.2. The predicted molar refractivity (Wildman–Crippen MR) is 65.3 cm³/mol. The van der Waals surface area contributed by atoms with E-state index in [1.54, 1.807) is 0 Å². The number of likely N-dealkylation sites (tertiary alicyclic amines) is 1. The number of nitrogens with one attached hydrogen (secondary N) is 1. The molecule has 0 aromatic carbocycles. The Balaban J connectivity index is 1.82. The number of amides is 1. The lowest BCUT2D eigenvalue weighted by atomic mass is 10.0. The van der Waals surface area contributed by atoms with E-state index in [0.29, 0.717) is 18.0 Å². The van der Waals surface area contributed by atoms with Crippen molar-refractivity contribution in [2.75, 3.05) is 13.1 Å². The van der Waals surface area contributed by atoms with Crippen LogP contribution >= 0.6 is 0 Å². The van der Waals surface area contributed by atoms with Crippen molar-refractivity contribution in [2.45, 2.75) is 64.0 Å². The first kappa shape index (κ1) is 11.9. The van der Waals surface area contributed by atoms with E-state index in [4.69, 9.17) is 0 Å². The molecule has 0 spiro atoms. The van der Waals surface area contributed by atoms with E-state index < -0.39 is 0 Å². The van der Waals surface area contributed by atoms with Crippen LogP contribution in [0.2, 0.25) is 0 Å². The molecule has 0 aromatic heterocycles. The van der Waals surface area contributed by atoms with Gasteiger partial charge >= 0.3 is 0 Å². The van der Waals surface area contributed by atoms with Gasteiger partial charge in [-0.2, -0.15) is 0 Å². The molecule has 2 rings (SSSR count). The van der Waals surface area contributed by atoms with Crippen LogP contribution in [-0.2, 0) is 4.79 Å². The number of piperidine rings is 1. The third-order valence-electron chi connectivity index (χ3n) is 4.00. The summed E-state index contributed by atoms with van der Waals surface area (Å²) in [6, 6.07) is 0.968. The van der Waals surface area contributed by atoms with Gasteiger partial charge in [-0.25, -0.2) is 0 Å². The number of hydrogen-bond acceptors (Lipinski definition) is 2. The van der Waals surface area contributed by atoms with Crippen molar-refractivity contribution in [2.24, 2.45) is 0 Å². The minimum Gasteiger partial charge on any atom is -0.340 e. The molecule has 3 heteroatoms. The summed E-state index contributed by atoms with van der Waals surface area (Å²) >= 11 is 0. The van der Waals surface area contributed by atoms with Crippen molar-refractivity contribution in [3.63, 3.8) is 0 Å². The molecule has 92 valence electrons. The quantitative estimate of drug-likeness (QED) is 0.794. The van der Waals surface area contributed by atoms with Gasteiger partial charge in [0.25, 0.3) is 0 Å². The van der Waals surface area contributed by atoms with Crippen molar-refractivity contribution in [1.29, 1.82) is 0 Å². The number of carbonyl (C=O) groups is 1. The molecule has 2 fully saturated rings. The molecule has 2 aliphatic heterocycles. The third-order valence-corrected chi connectivity index (χ3v) is 4.00. The highest BCUT2D eigenvalue weighted by Gasteiger charge is 2.28. The summed E-state index contributed by atoms with van der Waals surface area (Å²) < 4.78 is 0. The molecule has 2 atom stereocenters. The molecule has 0 aromatic rings. The second kappa shape index (κ2) is 5.67. The van der Waals surface area contributed by atoms with Crippen LogP contribution in [0.5, 0.6) is 0 Å². The molecule has 0 bridgehead atoms. The number of rotatable bonds is 3. The molecule has 2 heterocycles. The summed E-state index contributed by atoms with van der Waals surface area (Å²) in [5, 5.41) is 3.46. The largest absolute Gasteiger partial charge is 0.340 e. The summed E-state index contributed by atoms with van der Waals surface area (Å²) in [7, 11) is 0. The van der Waals surface area contributed by atoms with Gasteiger partial charge in [-0.15, -0.1) is 0 Å². The van der Waals surface area contributed by atoms with E-state index in [0.717, 1.165) is 25.9 Å². The number of nitrogens with zero attached hydrogens (tertiary/aromatic N) is 1. The smallest absolute Gasteiger partial charge is 0.224 e. The molecule has 3 nitrogen and oxygen atoms in total. The monoisotopic (exact) mass is 224 g/mol. The Morgan fingerprint density at radius 1 is 1.31 bits per heavy atom. The Kier molecular flexibility index (Phi) is 4.22. The third kappa shape index (κ3) is 2.76.